The minimum atomic E-state index is -0.301. The second kappa shape index (κ2) is 6.11. The molecule has 0 aliphatic rings. The summed E-state index contributed by atoms with van der Waals surface area (Å²) in [6, 6.07) is 0. The molecule has 3 heteroatoms. The summed E-state index contributed by atoms with van der Waals surface area (Å²) in [4.78, 5) is 12.8. The first-order valence-corrected chi connectivity index (χ1v) is 4.85. The van der Waals surface area contributed by atoms with Crippen molar-refractivity contribution in [3.05, 3.63) is 0 Å². The van der Waals surface area contributed by atoms with E-state index in [2.05, 4.69) is 11.8 Å². The molecule has 0 aromatic rings. The third kappa shape index (κ3) is 5.77. The lowest BCUT2D eigenvalue weighted by atomic mass is 9.95. The van der Waals surface area contributed by atoms with Gasteiger partial charge in [0.05, 0.1) is 6.61 Å². The Labute approximate surface area is 80.7 Å². The van der Waals surface area contributed by atoms with E-state index in [0.717, 1.165) is 25.8 Å². The summed E-state index contributed by atoms with van der Waals surface area (Å²) in [5.74, 6) is 0. The number of hydrogen-bond acceptors (Lipinski definition) is 3. The molecule has 0 bridgehead atoms. The van der Waals surface area contributed by atoms with Crippen molar-refractivity contribution in [3.63, 3.8) is 0 Å². The van der Waals surface area contributed by atoms with E-state index in [9.17, 15) is 4.79 Å². The number of nitrogens with zero attached hydrogens (tertiary/aromatic N) is 1. The molecular weight excluding hydrogens is 166 g/mol. The van der Waals surface area contributed by atoms with Crippen LogP contribution in [-0.4, -0.2) is 42.5 Å². The molecule has 0 heterocycles. The van der Waals surface area contributed by atoms with E-state index < -0.39 is 0 Å². The van der Waals surface area contributed by atoms with Crippen LogP contribution in [0.15, 0.2) is 0 Å². The zero-order chi connectivity index (χ0) is 10.3. The third-order valence-electron chi connectivity index (χ3n) is 1.91. The maximum Gasteiger partial charge on any atom is 0.126 e. The summed E-state index contributed by atoms with van der Waals surface area (Å²) in [5.41, 5.74) is -0.301. The van der Waals surface area contributed by atoms with Crippen molar-refractivity contribution in [1.82, 2.24) is 4.90 Å². The summed E-state index contributed by atoms with van der Waals surface area (Å²) in [6.07, 6.45) is 2.03. The first-order valence-electron chi connectivity index (χ1n) is 4.85. The Balaban J connectivity index is 3.99. The number of aliphatic hydroxyl groups excluding tert-OH is 1. The number of hydrogen-bond donors (Lipinski definition) is 1. The van der Waals surface area contributed by atoms with Crippen LogP contribution in [0.2, 0.25) is 0 Å². The van der Waals surface area contributed by atoms with Crippen molar-refractivity contribution in [3.8, 4) is 0 Å². The van der Waals surface area contributed by atoms with E-state index in [1.807, 2.05) is 13.8 Å². The zero-order valence-electron chi connectivity index (χ0n) is 8.92. The second-order valence-electron chi connectivity index (χ2n) is 4.11. The van der Waals surface area contributed by atoms with Crippen molar-refractivity contribution >= 4 is 6.29 Å². The van der Waals surface area contributed by atoms with Crippen LogP contribution in [0.3, 0.4) is 0 Å². The fraction of sp³-hybridized carbons (Fsp3) is 0.900. The van der Waals surface area contributed by atoms with Crippen LogP contribution in [0.25, 0.3) is 0 Å². The molecule has 0 aliphatic carbocycles. The van der Waals surface area contributed by atoms with Gasteiger partial charge in [-0.25, -0.2) is 0 Å². The van der Waals surface area contributed by atoms with Gasteiger partial charge in [-0.2, -0.15) is 0 Å². The SMILES string of the molecule is CCCN(CCO)CC(C)(C)C=O. The van der Waals surface area contributed by atoms with Gasteiger partial charge < -0.3 is 14.8 Å². The number of aliphatic hydroxyl groups is 1. The highest BCUT2D eigenvalue weighted by atomic mass is 16.3. The van der Waals surface area contributed by atoms with E-state index in [-0.39, 0.29) is 12.0 Å². The molecule has 3 nitrogen and oxygen atoms in total. The summed E-state index contributed by atoms with van der Waals surface area (Å²) < 4.78 is 0. The van der Waals surface area contributed by atoms with Crippen molar-refractivity contribution in [1.29, 1.82) is 0 Å². The quantitative estimate of drug-likeness (QED) is 0.602. The number of rotatable bonds is 7. The highest BCUT2D eigenvalue weighted by Crippen LogP contribution is 2.13. The molecule has 0 aromatic carbocycles. The Morgan fingerprint density at radius 2 is 2.00 bits per heavy atom. The van der Waals surface area contributed by atoms with Gasteiger partial charge in [0.15, 0.2) is 0 Å². The largest absolute Gasteiger partial charge is 0.395 e. The van der Waals surface area contributed by atoms with E-state index in [1.54, 1.807) is 0 Å². The van der Waals surface area contributed by atoms with Gasteiger partial charge in [-0.15, -0.1) is 0 Å². The molecule has 0 fully saturated rings. The van der Waals surface area contributed by atoms with Crippen LogP contribution in [0, 0.1) is 5.41 Å². The van der Waals surface area contributed by atoms with Crippen molar-refractivity contribution in [2.75, 3.05) is 26.2 Å². The van der Waals surface area contributed by atoms with Gasteiger partial charge in [-0.1, -0.05) is 20.8 Å². The first-order chi connectivity index (χ1) is 6.05. The number of carbonyl (C=O) groups excluding carboxylic acids is 1. The van der Waals surface area contributed by atoms with Gasteiger partial charge in [0, 0.05) is 18.5 Å². The van der Waals surface area contributed by atoms with E-state index in [1.165, 1.54) is 0 Å². The maximum absolute atomic E-state index is 10.7. The Bertz CT molecular complexity index is 140. The van der Waals surface area contributed by atoms with Crippen LogP contribution in [0.5, 0.6) is 0 Å². The van der Waals surface area contributed by atoms with E-state index in [0.29, 0.717) is 6.54 Å². The van der Waals surface area contributed by atoms with Crippen molar-refractivity contribution in [2.45, 2.75) is 27.2 Å². The maximum atomic E-state index is 10.7. The van der Waals surface area contributed by atoms with Crippen molar-refractivity contribution < 1.29 is 9.90 Å². The normalized spacial score (nSPS) is 12.1. The smallest absolute Gasteiger partial charge is 0.126 e. The molecule has 0 saturated carbocycles. The van der Waals surface area contributed by atoms with Gasteiger partial charge in [0.1, 0.15) is 6.29 Å². The van der Waals surface area contributed by atoms with Crippen LogP contribution < -0.4 is 0 Å². The molecule has 0 saturated heterocycles. The van der Waals surface area contributed by atoms with Gasteiger partial charge >= 0.3 is 0 Å². The van der Waals surface area contributed by atoms with Gasteiger partial charge in [0.2, 0.25) is 0 Å². The predicted octanol–water partition coefficient (Wildman–Crippen LogP) is 0.916. The molecular formula is C10H21NO2. The molecule has 0 atom stereocenters. The Morgan fingerprint density at radius 1 is 1.38 bits per heavy atom. The van der Waals surface area contributed by atoms with E-state index in [4.69, 9.17) is 5.11 Å². The van der Waals surface area contributed by atoms with Crippen LogP contribution in [0.4, 0.5) is 0 Å². The van der Waals surface area contributed by atoms with E-state index >= 15 is 0 Å². The predicted molar refractivity (Wildman–Crippen MR) is 53.7 cm³/mol. The van der Waals surface area contributed by atoms with Crippen LogP contribution in [0.1, 0.15) is 27.2 Å². The lowest BCUT2D eigenvalue weighted by molar-refractivity contribution is -0.115. The minimum absolute atomic E-state index is 0.162. The summed E-state index contributed by atoms with van der Waals surface area (Å²) in [6.45, 7) is 8.42. The molecule has 0 aromatic heterocycles. The first kappa shape index (κ1) is 12.6. The van der Waals surface area contributed by atoms with Crippen LogP contribution >= 0.6 is 0 Å². The Morgan fingerprint density at radius 3 is 2.38 bits per heavy atom. The average Bonchev–Trinajstić information content (AvgIpc) is 2.05. The Kier molecular flexibility index (Phi) is 5.91. The molecule has 1 N–H and O–H groups in total. The van der Waals surface area contributed by atoms with Crippen molar-refractivity contribution in [2.24, 2.45) is 5.41 Å². The topological polar surface area (TPSA) is 40.5 Å². The number of carbonyl (C=O) groups is 1. The highest BCUT2D eigenvalue weighted by Gasteiger charge is 2.19. The zero-order valence-corrected chi connectivity index (χ0v) is 8.92. The monoisotopic (exact) mass is 187 g/mol. The lowest BCUT2D eigenvalue weighted by Crippen LogP contribution is -2.37. The standard InChI is InChI=1S/C10H21NO2/c1-4-5-11(6-7-12)8-10(2,3)9-13/h9,12H,4-8H2,1-3H3. The van der Waals surface area contributed by atoms with Gasteiger partial charge in [-0.05, 0) is 13.0 Å². The second-order valence-corrected chi connectivity index (χ2v) is 4.11. The van der Waals surface area contributed by atoms with Gasteiger partial charge in [-0.3, -0.25) is 0 Å². The lowest BCUT2D eigenvalue weighted by Gasteiger charge is -2.27. The summed E-state index contributed by atoms with van der Waals surface area (Å²) in [5, 5.41) is 8.80. The summed E-state index contributed by atoms with van der Waals surface area (Å²) in [7, 11) is 0. The molecule has 0 rings (SSSR count). The van der Waals surface area contributed by atoms with Crippen LogP contribution in [-0.2, 0) is 4.79 Å². The molecule has 0 amide bonds. The molecule has 78 valence electrons. The molecule has 0 unspecified atom stereocenters. The minimum Gasteiger partial charge on any atom is -0.395 e. The molecule has 0 aliphatic heterocycles. The molecule has 0 radical (unpaired) electrons. The third-order valence-corrected chi connectivity index (χ3v) is 1.91. The fourth-order valence-electron chi connectivity index (χ4n) is 1.34. The molecule has 13 heavy (non-hydrogen) atoms. The highest BCUT2D eigenvalue weighted by molar-refractivity contribution is 5.58. The fourth-order valence-corrected chi connectivity index (χ4v) is 1.34. The average molecular weight is 187 g/mol. The Hall–Kier alpha value is -0.410. The number of aldehydes is 1. The summed E-state index contributed by atoms with van der Waals surface area (Å²) >= 11 is 0. The molecule has 0 spiro atoms. The van der Waals surface area contributed by atoms with Gasteiger partial charge in [0.25, 0.3) is 0 Å².